The van der Waals surface area contributed by atoms with Crippen LogP contribution in [0.25, 0.3) is 0 Å². The molecular weight excluding hydrogens is 351 g/mol. The molecule has 2 aromatic rings. The summed E-state index contributed by atoms with van der Waals surface area (Å²) in [6, 6.07) is 8.77. The number of carbonyl (C=O) groups is 1. The highest BCUT2D eigenvalue weighted by Gasteiger charge is 2.05. The molecule has 0 aliphatic carbocycles. The number of thioether (sulfide) groups is 1. The number of nitrogens with one attached hydrogen (secondary N) is 1. The van der Waals surface area contributed by atoms with Crippen molar-refractivity contribution in [3.8, 4) is 0 Å². The highest BCUT2D eigenvalue weighted by molar-refractivity contribution is 7.99. The van der Waals surface area contributed by atoms with Gasteiger partial charge in [0.2, 0.25) is 5.91 Å². The summed E-state index contributed by atoms with van der Waals surface area (Å²) < 4.78 is 0. The standard InChI is InChI=1S/C14H11Cl3N2OS/c15-10-2-4-13(18-6-10)19-14(20)8-21-7-9-1-3-11(16)12(17)5-9/h1-6H,7-8H2,(H,18,19,20). The Morgan fingerprint density at radius 2 is 1.95 bits per heavy atom. The lowest BCUT2D eigenvalue weighted by Crippen LogP contribution is -2.15. The van der Waals surface area contributed by atoms with Gasteiger partial charge in [0.25, 0.3) is 0 Å². The monoisotopic (exact) mass is 360 g/mol. The van der Waals surface area contributed by atoms with Gasteiger partial charge in [0.1, 0.15) is 5.82 Å². The van der Waals surface area contributed by atoms with Crippen LogP contribution < -0.4 is 5.32 Å². The fraction of sp³-hybridized carbons (Fsp3) is 0.143. The van der Waals surface area contributed by atoms with E-state index < -0.39 is 0 Å². The first-order valence-corrected chi connectivity index (χ1v) is 8.26. The molecule has 2 rings (SSSR count). The Balaban J connectivity index is 1.78. The molecule has 0 spiro atoms. The van der Waals surface area contributed by atoms with E-state index in [1.807, 2.05) is 6.07 Å². The molecule has 1 heterocycles. The lowest BCUT2D eigenvalue weighted by molar-refractivity contribution is -0.113. The Morgan fingerprint density at radius 1 is 1.14 bits per heavy atom. The van der Waals surface area contributed by atoms with Crippen molar-refractivity contribution in [1.29, 1.82) is 0 Å². The number of carbonyl (C=O) groups excluding carboxylic acids is 1. The van der Waals surface area contributed by atoms with E-state index in [9.17, 15) is 4.79 Å². The molecule has 0 aliphatic heterocycles. The number of halogens is 3. The molecule has 0 saturated heterocycles. The van der Waals surface area contributed by atoms with Crippen molar-refractivity contribution in [3.63, 3.8) is 0 Å². The van der Waals surface area contributed by atoms with Crippen molar-refractivity contribution >= 4 is 58.3 Å². The summed E-state index contributed by atoms with van der Waals surface area (Å²) in [6.07, 6.45) is 1.49. The molecule has 0 bridgehead atoms. The number of aromatic nitrogens is 1. The highest BCUT2D eigenvalue weighted by Crippen LogP contribution is 2.24. The quantitative estimate of drug-likeness (QED) is 0.822. The third kappa shape index (κ3) is 5.40. The molecule has 1 aromatic carbocycles. The zero-order chi connectivity index (χ0) is 15.2. The number of amides is 1. The SMILES string of the molecule is O=C(CSCc1ccc(Cl)c(Cl)c1)Nc1ccc(Cl)cn1. The van der Waals surface area contributed by atoms with Crippen LogP contribution >= 0.6 is 46.6 Å². The number of hydrogen-bond acceptors (Lipinski definition) is 3. The Hall–Kier alpha value is -0.940. The van der Waals surface area contributed by atoms with Gasteiger partial charge >= 0.3 is 0 Å². The van der Waals surface area contributed by atoms with Crippen LogP contribution in [0.15, 0.2) is 36.5 Å². The predicted molar refractivity (Wildman–Crippen MR) is 90.5 cm³/mol. The molecule has 0 atom stereocenters. The largest absolute Gasteiger partial charge is 0.310 e. The maximum Gasteiger partial charge on any atom is 0.235 e. The minimum atomic E-state index is -0.116. The number of benzene rings is 1. The van der Waals surface area contributed by atoms with Crippen LogP contribution in [0.4, 0.5) is 5.82 Å². The van der Waals surface area contributed by atoms with Gasteiger partial charge in [-0.2, -0.15) is 0 Å². The van der Waals surface area contributed by atoms with Crippen LogP contribution in [0, 0.1) is 0 Å². The molecule has 7 heteroatoms. The summed E-state index contributed by atoms with van der Waals surface area (Å²) in [7, 11) is 0. The Bertz CT molecular complexity index is 635. The molecule has 1 aromatic heterocycles. The predicted octanol–water partition coefficient (Wildman–Crippen LogP) is 4.91. The van der Waals surface area contributed by atoms with E-state index in [2.05, 4.69) is 10.3 Å². The fourth-order valence-electron chi connectivity index (χ4n) is 1.52. The maximum absolute atomic E-state index is 11.8. The van der Waals surface area contributed by atoms with Crippen molar-refractivity contribution in [2.75, 3.05) is 11.1 Å². The van der Waals surface area contributed by atoms with E-state index in [-0.39, 0.29) is 5.91 Å². The molecule has 1 amide bonds. The molecule has 0 radical (unpaired) electrons. The minimum absolute atomic E-state index is 0.116. The van der Waals surface area contributed by atoms with E-state index >= 15 is 0 Å². The van der Waals surface area contributed by atoms with Gasteiger partial charge in [0.05, 0.1) is 20.8 Å². The summed E-state index contributed by atoms with van der Waals surface area (Å²) in [5.41, 5.74) is 1.02. The zero-order valence-corrected chi connectivity index (χ0v) is 13.9. The van der Waals surface area contributed by atoms with Crippen LogP contribution in [-0.4, -0.2) is 16.6 Å². The minimum Gasteiger partial charge on any atom is -0.310 e. The van der Waals surface area contributed by atoms with Crippen LogP contribution in [0.5, 0.6) is 0 Å². The lowest BCUT2D eigenvalue weighted by atomic mass is 10.2. The van der Waals surface area contributed by atoms with Crippen molar-refractivity contribution in [2.45, 2.75) is 5.75 Å². The normalized spacial score (nSPS) is 10.4. The van der Waals surface area contributed by atoms with Gasteiger partial charge in [-0.1, -0.05) is 40.9 Å². The van der Waals surface area contributed by atoms with Crippen LogP contribution in [-0.2, 0) is 10.5 Å². The molecule has 1 N–H and O–H groups in total. The molecule has 0 unspecified atom stereocenters. The van der Waals surface area contributed by atoms with E-state index in [1.54, 1.807) is 24.3 Å². The van der Waals surface area contributed by atoms with Gasteiger partial charge in [-0.3, -0.25) is 4.79 Å². The molecule has 0 aliphatic rings. The number of pyridine rings is 1. The van der Waals surface area contributed by atoms with Gasteiger partial charge in [-0.15, -0.1) is 11.8 Å². The molecule has 3 nitrogen and oxygen atoms in total. The van der Waals surface area contributed by atoms with E-state index in [1.165, 1.54) is 18.0 Å². The second kappa shape index (κ2) is 7.90. The average Bonchev–Trinajstić information content (AvgIpc) is 2.45. The molecule has 21 heavy (non-hydrogen) atoms. The first-order valence-electron chi connectivity index (χ1n) is 5.97. The summed E-state index contributed by atoms with van der Waals surface area (Å²) >= 11 is 19.0. The molecule has 0 saturated carbocycles. The second-order valence-electron chi connectivity index (χ2n) is 4.15. The van der Waals surface area contributed by atoms with Crippen LogP contribution in [0.1, 0.15) is 5.56 Å². The average molecular weight is 362 g/mol. The Labute approximate surface area is 142 Å². The van der Waals surface area contributed by atoms with Crippen molar-refractivity contribution in [2.24, 2.45) is 0 Å². The van der Waals surface area contributed by atoms with Gasteiger partial charge in [-0.25, -0.2) is 4.98 Å². The lowest BCUT2D eigenvalue weighted by Gasteiger charge is -2.05. The number of hydrogen-bond donors (Lipinski definition) is 1. The van der Waals surface area contributed by atoms with Crippen molar-refractivity contribution in [3.05, 3.63) is 57.2 Å². The first kappa shape index (κ1) is 16.4. The number of rotatable bonds is 5. The zero-order valence-electron chi connectivity index (χ0n) is 10.8. The fourth-order valence-corrected chi connectivity index (χ4v) is 2.73. The number of anilines is 1. The topological polar surface area (TPSA) is 42.0 Å². The number of nitrogens with zero attached hydrogens (tertiary/aromatic N) is 1. The highest BCUT2D eigenvalue weighted by atomic mass is 35.5. The third-order valence-electron chi connectivity index (χ3n) is 2.48. The van der Waals surface area contributed by atoms with Crippen molar-refractivity contribution < 1.29 is 4.79 Å². The Morgan fingerprint density at radius 3 is 2.62 bits per heavy atom. The molecular formula is C14H11Cl3N2OS. The van der Waals surface area contributed by atoms with Gasteiger partial charge in [0.15, 0.2) is 0 Å². The smallest absolute Gasteiger partial charge is 0.235 e. The third-order valence-corrected chi connectivity index (χ3v) is 4.45. The maximum atomic E-state index is 11.8. The first-order chi connectivity index (χ1) is 10.0. The Kier molecular flexibility index (Phi) is 6.18. The van der Waals surface area contributed by atoms with Crippen LogP contribution in [0.2, 0.25) is 15.1 Å². The van der Waals surface area contributed by atoms with E-state index in [4.69, 9.17) is 34.8 Å². The molecule has 110 valence electrons. The van der Waals surface area contributed by atoms with Gasteiger partial charge < -0.3 is 5.32 Å². The van der Waals surface area contributed by atoms with Gasteiger partial charge in [0, 0.05) is 11.9 Å². The summed E-state index contributed by atoms with van der Waals surface area (Å²) in [5.74, 6) is 1.37. The second-order valence-corrected chi connectivity index (χ2v) is 6.39. The summed E-state index contributed by atoms with van der Waals surface area (Å²) in [5, 5.41) is 4.27. The van der Waals surface area contributed by atoms with E-state index in [0.29, 0.717) is 32.4 Å². The van der Waals surface area contributed by atoms with Gasteiger partial charge in [-0.05, 0) is 29.8 Å². The summed E-state index contributed by atoms with van der Waals surface area (Å²) in [4.78, 5) is 15.8. The van der Waals surface area contributed by atoms with Crippen molar-refractivity contribution in [1.82, 2.24) is 4.98 Å². The summed E-state index contributed by atoms with van der Waals surface area (Å²) in [6.45, 7) is 0. The molecule has 0 fully saturated rings. The van der Waals surface area contributed by atoms with E-state index in [0.717, 1.165) is 5.56 Å². The van der Waals surface area contributed by atoms with Crippen LogP contribution in [0.3, 0.4) is 0 Å².